The number of ether oxygens (including phenoxy) is 1. The van der Waals surface area contributed by atoms with E-state index in [1.165, 1.54) is 28.2 Å². The molecule has 0 aromatic heterocycles. The minimum atomic E-state index is -0.526. The Balaban J connectivity index is 2.26. The number of morpholine rings is 1. The van der Waals surface area contributed by atoms with E-state index in [1.54, 1.807) is 14.0 Å². The minimum Gasteiger partial charge on any atom is -0.379 e. The molecule has 0 atom stereocenters. The van der Waals surface area contributed by atoms with Gasteiger partial charge in [-0.3, -0.25) is 4.84 Å². The van der Waals surface area contributed by atoms with Crippen LogP contribution < -0.4 is 0 Å². The molecule has 1 rings (SSSR count). The second kappa shape index (κ2) is 9.88. The Labute approximate surface area is 127 Å². The quantitative estimate of drug-likeness (QED) is 0.191. The summed E-state index contributed by atoms with van der Waals surface area (Å²) >= 11 is 2.68. The fourth-order valence-corrected chi connectivity index (χ4v) is 2.60. The first-order valence-electron chi connectivity index (χ1n) is 6.13. The van der Waals surface area contributed by atoms with Crippen molar-refractivity contribution in [2.45, 2.75) is 13.3 Å². The van der Waals surface area contributed by atoms with Gasteiger partial charge in [0, 0.05) is 44.4 Å². The number of hydrogen-bond donors (Lipinski definition) is 0. The molecule has 0 radical (unpaired) electrons. The zero-order chi connectivity index (χ0) is 14.8. The molecule has 0 spiro atoms. The number of rotatable bonds is 5. The Morgan fingerprint density at radius 3 is 2.90 bits per heavy atom. The van der Waals surface area contributed by atoms with Crippen LogP contribution in [-0.4, -0.2) is 58.9 Å². The van der Waals surface area contributed by atoms with Gasteiger partial charge in [0.15, 0.2) is 0 Å². The van der Waals surface area contributed by atoms with Crippen molar-refractivity contribution in [1.29, 1.82) is 5.26 Å². The largest absolute Gasteiger partial charge is 0.446 e. The Morgan fingerprint density at radius 1 is 1.55 bits per heavy atom. The molecule has 0 saturated carbocycles. The number of amides is 1. The van der Waals surface area contributed by atoms with Crippen LogP contribution in [-0.2, 0) is 9.57 Å². The maximum atomic E-state index is 11.7. The molecule has 1 saturated heterocycles. The van der Waals surface area contributed by atoms with Gasteiger partial charge in [-0.1, -0.05) is 5.16 Å². The number of nitrogens with zero attached hydrogens (tertiary/aromatic N) is 4. The Bertz CT molecular complexity index is 380. The van der Waals surface area contributed by atoms with Gasteiger partial charge < -0.3 is 4.74 Å². The molecule has 7 nitrogen and oxygen atoms in total. The lowest BCUT2D eigenvalue weighted by Crippen LogP contribution is -2.35. The molecule has 9 heteroatoms. The molecular formula is C11H18N4O3S2. The third-order valence-electron chi connectivity index (χ3n) is 2.24. The maximum Gasteiger partial charge on any atom is 0.446 e. The second-order valence-corrected chi connectivity index (χ2v) is 6.36. The SMILES string of the molecule is C/C(=N\OC(=O)N(C)SN1CCOCC1)SCCC#N. The van der Waals surface area contributed by atoms with Crippen LogP contribution in [0.2, 0.25) is 0 Å². The van der Waals surface area contributed by atoms with Crippen LogP contribution in [0.4, 0.5) is 4.79 Å². The van der Waals surface area contributed by atoms with E-state index in [2.05, 4.69) is 5.16 Å². The van der Waals surface area contributed by atoms with Crippen molar-refractivity contribution in [2.75, 3.05) is 39.1 Å². The van der Waals surface area contributed by atoms with Crippen molar-refractivity contribution < 1.29 is 14.4 Å². The molecule has 0 aromatic carbocycles. The van der Waals surface area contributed by atoms with Gasteiger partial charge >= 0.3 is 6.09 Å². The highest BCUT2D eigenvalue weighted by molar-refractivity contribution is 8.13. The van der Waals surface area contributed by atoms with Crippen LogP contribution >= 0.6 is 23.9 Å². The number of oxime groups is 1. The van der Waals surface area contributed by atoms with Gasteiger partial charge in [-0.25, -0.2) is 13.4 Å². The molecule has 1 aliphatic heterocycles. The van der Waals surface area contributed by atoms with E-state index in [0.29, 0.717) is 30.4 Å². The highest BCUT2D eigenvalue weighted by atomic mass is 32.2. The zero-order valence-corrected chi connectivity index (χ0v) is 13.2. The summed E-state index contributed by atoms with van der Waals surface area (Å²) in [7, 11) is 1.64. The average molecular weight is 318 g/mol. The van der Waals surface area contributed by atoms with Crippen LogP contribution in [0, 0.1) is 11.3 Å². The van der Waals surface area contributed by atoms with Gasteiger partial charge in [0.25, 0.3) is 0 Å². The highest BCUT2D eigenvalue weighted by Gasteiger charge is 2.18. The lowest BCUT2D eigenvalue weighted by molar-refractivity contribution is 0.0753. The first-order chi connectivity index (χ1) is 9.63. The molecule has 112 valence electrons. The standard InChI is InChI=1S/C11H18N4O3S2/c1-10(19-9-3-4-12)13-18-11(16)14(2)20-15-5-7-17-8-6-15/h3,5-9H2,1-2H3/b13-10+. The van der Waals surface area contributed by atoms with Crippen LogP contribution in [0.3, 0.4) is 0 Å². The fourth-order valence-electron chi connectivity index (χ4n) is 1.27. The molecule has 0 aromatic rings. The number of hydrogen-bond acceptors (Lipinski definition) is 8. The molecule has 1 aliphatic rings. The Morgan fingerprint density at radius 2 is 2.25 bits per heavy atom. The van der Waals surface area contributed by atoms with Crippen LogP contribution in [0.15, 0.2) is 5.16 Å². The lowest BCUT2D eigenvalue weighted by atomic mass is 10.5. The second-order valence-electron chi connectivity index (χ2n) is 3.84. The van der Waals surface area contributed by atoms with Gasteiger partial charge in [0.1, 0.15) is 5.04 Å². The zero-order valence-electron chi connectivity index (χ0n) is 11.6. The summed E-state index contributed by atoms with van der Waals surface area (Å²) in [5.41, 5.74) is 0. The van der Waals surface area contributed by atoms with Gasteiger partial charge in [0.2, 0.25) is 0 Å². The normalized spacial score (nSPS) is 16.6. The summed E-state index contributed by atoms with van der Waals surface area (Å²) in [6.07, 6.45) is -0.0835. The highest BCUT2D eigenvalue weighted by Crippen LogP contribution is 2.17. The van der Waals surface area contributed by atoms with Crippen molar-refractivity contribution in [3.63, 3.8) is 0 Å². The minimum absolute atomic E-state index is 0.443. The molecule has 0 bridgehead atoms. The molecule has 0 unspecified atom stereocenters. The summed E-state index contributed by atoms with van der Waals surface area (Å²) in [6, 6.07) is 2.04. The molecule has 1 amide bonds. The number of nitriles is 1. The molecule has 0 aliphatic carbocycles. The van der Waals surface area contributed by atoms with Crippen molar-refractivity contribution in [1.82, 2.24) is 8.61 Å². The predicted octanol–water partition coefficient (Wildman–Crippen LogP) is 1.93. The van der Waals surface area contributed by atoms with E-state index in [1.807, 2.05) is 10.4 Å². The Hall–Kier alpha value is -0.950. The van der Waals surface area contributed by atoms with Crippen molar-refractivity contribution >= 4 is 35.0 Å². The third-order valence-corrected chi connectivity index (χ3v) is 4.13. The van der Waals surface area contributed by atoms with E-state index in [-0.39, 0.29) is 0 Å². The first kappa shape index (κ1) is 17.1. The number of thioether (sulfide) groups is 1. The third kappa shape index (κ3) is 7.00. The van der Waals surface area contributed by atoms with Gasteiger partial charge in [0.05, 0.1) is 19.3 Å². The van der Waals surface area contributed by atoms with Gasteiger partial charge in [-0.2, -0.15) is 5.26 Å². The van der Waals surface area contributed by atoms with Crippen molar-refractivity contribution in [3.8, 4) is 6.07 Å². The summed E-state index contributed by atoms with van der Waals surface area (Å²) < 4.78 is 8.65. The van der Waals surface area contributed by atoms with Crippen LogP contribution in [0.5, 0.6) is 0 Å². The average Bonchev–Trinajstić information content (AvgIpc) is 2.46. The van der Waals surface area contributed by atoms with E-state index in [4.69, 9.17) is 14.8 Å². The smallest absolute Gasteiger partial charge is 0.379 e. The van der Waals surface area contributed by atoms with Crippen LogP contribution in [0.1, 0.15) is 13.3 Å². The maximum absolute atomic E-state index is 11.7. The summed E-state index contributed by atoms with van der Waals surface area (Å²) in [4.78, 5) is 16.5. The molecule has 0 N–H and O–H groups in total. The summed E-state index contributed by atoms with van der Waals surface area (Å²) in [6.45, 7) is 4.62. The summed E-state index contributed by atoms with van der Waals surface area (Å²) in [5.74, 6) is 0.641. The molecule has 1 fully saturated rings. The number of carbonyl (C=O) groups is 1. The van der Waals surface area contributed by atoms with E-state index < -0.39 is 6.09 Å². The van der Waals surface area contributed by atoms with Crippen molar-refractivity contribution in [3.05, 3.63) is 0 Å². The summed E-state index contributed by atoms with van der Waals surface area (Å²) in [5, 5.41) is 12.8. The fraction of sp³-hybridized carbons (Fsp3) is 0.727. The van der Waals surface area contributed by atoms with E-state index >= 15 is 0 Å². The van der Waals surface area contributed by atoms with E-state index in [9.17, 15) is 4.79 Å². The lowest BCUT2D eigenvalue weighted by Gasteiger charge is -2.27. The number of carbonyl (C=O) groups excluding carboxylic acids is 1. The van der Waals surface area contributed by atoms with Gasteiger partial charge in [-0.15, -0.1) is 11.8 Å². The first-order valence-corrected chi connectivity index (χ1v) is 7.85. The van der Waals surface area contributed by atoms with E-state index in [0.717, 1.165) is 13.1 Å². The monoisotopic (exact) mass is 318 g/mol. The molecule has 1 heterocycles. The topological polar surface area (TPSA) is 78.2 Å². The van der Waals surface area contributed by atoms with Crippen molar-refractivity contribution in [2.24, 2.45) is 5.16 Å². The Kier molecular flexibility index (Phi) is 8.45. The molecular weight excluding hydrogens is 300 g/mol. The molecule has 20 heavy (non-hydrogen) atoms. The van der Waals surface area contributed by atoms with Gasteiger partial charge in [-0.05, 0) is 6.92 Å². The van der Waals surface area contributed by atoms with Crippen LogP contribution in [0.25, 0.3) is 0 Å². The predicted molar refractivity (Wildman–Crippen MR) is 80.0 cm³/mol.